The molecule has 6 heteroatoms. The van der Waals surface area contributed by atoms with Crippen LogP contribution in [0.5, 0.6) is 23.0 Å². The van der Waals surface area contributed by atoms with Crippen LogP contribution in [-0.4, -0.2) is 8.42 Å². The molecular weight excluding hydrogens is 398 g/mol. The maximum absolute atomic E-state index is 13.0. The third-order valence-corrected chi connectivity index (χ3v) is 6.17. The molecule has 0 aliphatic carbocycles. The Balaban J connectivity index is 1.56. The van der Waals surface area contributed by atoms with E-state index < -0.39 is 9.84 Å². The SMILES string of the molecule is Nc1ccc(Oc2ccc(Oc3ccccc3S(=O)(=O)c3ccccc3)cc2)cc1. The average Bonchev–Trinajstić information content (AvgIpc) is 2.78. The van der Waals surface area contributed by atoms with E-state index in [-0.39, 0.29) is 15.5 Å². The predicted octanol–water partition coefficient (Wildman–Crippen LogP) is 5.69. The fourth-order valence-electron chi connectivity index (χ4n) is 2.86. The number of ether oxygens (including phenoxy) is 2. The number of anilines is 1. The molecule has 0 aromatic heterocycles. The van der Waals surface area contributed by atoms with Crippen LogP contribution >= 0.6 is 0 Å². The van der Waals surface area contributed by atoms with Crippen LogP contribution in [-0.2, 0) is 9.84 Å². The number of benzene rings is 4. The van der Waals surface area contributed by atoms with Gasteiger partial charge in [0.25, 0.3) is 0 Å². The van der Waals surface area contributed by atoms with Gasteiger partial charge in [0.05, 0.1) is 4.90 Å². The van der Waals surface area contributed by atoms with Crippen LogP contribution in [0.3, 0.4) is 0 Å². The van der Waals surface area contributed by atoms with Crippen LogP contribution in [0, 0.1) is 0 Å². The van der Waals surface area contributed by atoms with Gasteiger partial charge in [0.2, 0.25) is 9.84 Å². The zero-order chi connectivity index (χ0) is 21.0. The monoisotopic (exact) mass is 417 g/mol. The molecule has 0 atom stereocenters. The average molecular weight is 417 g/mol. The highest BCUT2D eigenvalue weighted by molar-refractivity contribution is 7.91. The Morgan fingerprint density at radius 1 is 0.567 bits per heavy atom. The van der Waals surface area contributed by atoms with E-state index in [1.165, 1.54) is 6.07 Å². The van der Waals surface area contributed by atoms with Gasteiger partial charge in [-0.15, -0.1) is 0 Å². The Labute approximate surface area is 175 Å². The van der Waals surface area contributed by atoms with Crippen molar-refractivity contribution >= 4 is 15.5 Å². The molecule has 4 aromatic rings. The molecule has 0 amide bonds. The van der Waals surface area contributed by atoms with Gasteiger partial charge in [0.15, 0.2) is 0 Å². The Bertz CT molecular complexity index is 1240. The van der Waals surface area contributed by atoms with Crippen molar-refractivity contribution in [3.63, 3.8) is 0 Å². The topological polar surface area (TPSA) is 78.6 Å². The van der Waals surface area contributed by atoms with Crippen LogP contribution in [0.1, 0.15) is 0 Å². The molecule has 0 bridgehead atoms. The molecular formula is C24H19NO4S. The molecule has 0 radical (unpaired) electrons. The molecule has 0 aliphatic heterocycles. The second-order valence-electron chi connectivity index (χ2n) is 6.51. The van der Waals surface area contributed by atoms with Gasteiger partial charge in [-0.1, -0.05) is 30.3 Å². The summed E-state index contributed by atoms with van der Waals surface area (Å²) in [5.74, 6) is 2.04. The van der Waals surface area contributed by atoms with E-state index in [1.807, 2.05) is 0 Å². The summed E-state index contributed by atoms with van der Waals surface area (Å²) in [5.41, 5.74) is 6.34. The van der Waals surface area contributed by atoms with Crippen molar-refractivity contribution in [2.24, 2.45) is 0 Å². The van der Waals surface area contributed by atoms with E-state index in [1.54, 1.807) is 97.1 Å². The number of para-hydroxylation sites is 1. The number of rotatable bonds is 6. The zero-order valence-corrected chi connectivity index (χ0v) is 16.8. The summed E-state index contributed by atoms with van der Waals surface area (Å²) in [6.45, 7) is 0. The normalized spacial score (nSPS) is 11.1. The maximum Gasteiger partial charge on any atom is 0.210 e. The van der Waals surface area contributed by atoms with E-state index in [2.05, 4.69) is 0 Å². The molecule has 4 aromatic carbocycles. The standard InChI is InChI=1S/C24H19NO4S/c25-18-10-12-19(13-11-18)28-20-14-16-21(17-15-20)29-23-8-4-5-9-24(23)30(26,27)22-6-2-1-3-7-22/h1-17H,25H2. The summed E-state index contributed by atoms with van der Waals surface area (Å²) < 4.78 is 37.7. The lowest BCUT2D eigenvalue weighted by molar-refractivity contribution is 0.460. The van der Waals surface area contributed by atoms with E-state index in [0.717, 1.165) is 0 Å². The molecule has 4 rings (SSSR count). The van der Waals surface area contributed by atoms with Crippen LogP contribution in [0.15, 0.2) is 113 Å². The second-order valence-corrected chi connectivity index (χ2v) is 8.43. The molecule has 5 nitrogen and oxygen atoms in total. The summed E-state index contributed by atoms with van der Waals surface area (Å²) in [4.78, 5) is 0.326. The zero-order valence-electron chi connectivity index (χ0n) is 15.9. The largest absolute Gasteiger partial charge is 0.457 e. The summed E-state index contributed by atoms with van der Waals surface area (Å²) in [6.07, 6.45) is 0. The first kappa shape index (κ1) is 19.5. The smallest absolute Gasteiger partial charge is 0.210 e. The summed E-state index contributed by atoms with van der Waals surface area (Å²) >= 11 is 0. The quantitative estimate of drug-likeness (QED) is 0.408. The highest BCUT2D eigenvalue weighted by Gasteiger charge is 2.22. The molecule has 0 heterocycles. The Morgan fingerprint density at radius 2 is 1.07 bits per heavy atom. The van der Waals surface area contributed by atoms with Crippen molar-refractivity contribution in [3.8, 4) is 23.0 Å². The molecule has 0 spiro atoms. The Hall–Kier alpha value is -3.77. The molecule has 150 valence electrons. The van der Waals surface area contributed by atoms with Gasteiger partial charge in [0.1, 0.15) is 27.9 Å². The first-order valence-corrected chi connectivity index (χ1v) is 10.7. The van der Waals surface area contributed by atoms with E-state index >= 15 is 0 Å². The van der Waals surface area contributed by atoms with E-state index in [0.29, 0.717) is 22.9 Å². The maximum atomic E-state index is 13.0. The molecule has 0 saturated heterocycles. The molecule has 30 heavy (non-hydrogen) atoms. The van der Waals surface area contributed by atoms with Gasteiger partial charge in [0, 0.05) is 5.69 Å². The van der Waals surface area contributed by atoms with Gasteiger partial charge < -0.3 is 15.2 Å². The van der Waals surface area contributed by atoms with Crippen molar-refractivity contribution in [2.45, 2.75) is 9.79 Å². The minimum Gasteiger partial charge on any atom is -0.457 e. The van der Waals surface area contributed by atoms with E-state index in [4.69, 9.17) is 15.2 Å². The highest BCUT2D eigenvalue weighted by Crippen LogP contribution is 2.33. The van der Waals surface area contributed by atoms with Gasteiger partial charge in [-0.05, 0) is 72.8 Å². The van der Waals surface area contributed by atoms with Crippen molar-refractivity contribution in [1.82, 2.24) is 0 Å². The van der Waals surface area contributed by atoms with Gasteiger partial charge >= 0.3 is 0 Å². The van der Waals surface area contributed by atoms with Crippen LogP contribution in [0.2, 0.25) is 0 Å². The lowest BCUT2D eigenvalue weighted by Crippen LogP contribution is -2.03. The lowest BCUT2D eigenvalue weighted by Gasteiger charge is -2.12. The number of hydrogen-bond acceptors (Lipinski definition) is 5. The van der Waals surface area contributed by atoms with Crippen molar-refractivity contribution in [2.75, 3.05) is 5.73 Å². The predicted molar refractivity (Wildman–Crippen MR) is 116 cm³/mol. The highest BCUT2D eigenvalue weighted by atomic mass is 32.2. The summed E-state index contributed by atoms with van der Waals surface area (Å²) in [5, 5.41) is 0. The third kappa shape index (κ3) is 4.29. The van der Waals surface area contributed by atoms with E-state index in [9.17, 15) is 8.42 Å². The fraction of sp³-hybridized carbons (Fsp3) is 0. The lowest BCUT2D eigenvalue weighted by atomic mass is 10.3. The minimum atomic E-state index is -3.70. The van der Waals surface area contributed by atoms with Crippen LogP contribution < -0.4 is 15.2 Å². The van der Waals surface area contributed by atoms with Crippen LogP contribution in [0.25, 0.3) is 0 Å². The first-order valence-electron chi connectivity index (χ1n) is 9.23. The molecule has 0 unspecified atom stereocenters. The summed E-state index contributed by atoms with van der Waals surface area (Å²) in [6, 6.07) is 28.9. The fourth-order valence-corrected chi connectivity index (χ4v) is 4.26. The molecule has 0 fully saturated rings. The minimum absolute atomic E-state index is 0.110. The number of sulfone groups is 1. The first-order chi connectivity index (χ1) is 14.5. The number of hydrogen-bond donors (Lipinski definition) is 1. The van der Waals surface area contributed by atoms with Crippen molar-refractivity contribution < 1.29 is 17.9 Å². The van der Waals surface area contributed by atoms with Crippen molar-refractivity contribution in [1.29, 1.82) is 0 Å². The Morgan fingerprint density at radius 3 is 1.70 bits per heavy atom. The van der Waals surface area contributed by atoms with Gasteiger partial charge in [-0.2, -0.15) is 0 Å². The second kappa shape index (κ2) is 8.31. The summed E-state index contributed by atoms with van der Waals surface area (Å²) in [7, 11) is -3.70. The third-order valence-electron chi connectivity index (χ3n) is 4.36. The molecule has 2 N–H and O–H groups in total. The number of nitrogens with two attached hydrogens (primary N) is 1. The molecule has 0 saturated carbocycles. The molecule has 0 aliphatic rings. The Kier molecular flexibility index (Phi) is 5.41. The van der Waals surface area contributed by atoms with Crippen LogP contribution in [0.4, 0.5) is 5.69 Å². The van der Waals surface area contributed by atoms with Gasteiger partial charge in [-0.25, -0.2) is 8.42 Å². The van der Waals surface area contributed by atoms with Crippen molar-refractivity contribution in [3.05, 3.63) is 103 Å². The van der Waals surface area contributed by atoms with Gasteiger partial charge in [-0.3, -0.25) is 0 Å². The number of nitrogen functional groups attached to an aromatic ring is 1.